The van der Waals surface area contributed by atoms with Gasteiger partial charge in [0.15, 0.2) is 0 Å². The van der Waals surface area contributed by atoms with E-state index in [2.05, 4.69) is 32.0 Å². The number of amides is 1. The summed E-state index contributed by atoms with van der Waals surface area (Å²) in [4.78, 5) is 17.7. The Morgan fingerprint density at radius 1 is 1.14 bits per heavy atom. The van der Waals surface area contributed by atoms with E-state index in [1.807, 2.05) is 38.2 Å². The number of aromatic nitrogens is 4. The molecule has 3 aromatic carbocycles. The van der Waals surface area contributed by atoms with Crippen LogP contribution in [0.2, 0.25) is 10.0 Å². The van der Waals surface area contributed by atoms with Crippen molar-refractivity contribution in [2.45, 2.75) is 32.4 Å². The molecule has 6 rings (SSSR count). The molecule has 0 saturated heterocycles. The molecule has 3 heterocycles. The Kier molecular flexibility index (Phi) is 7.71. The molecule has 0 saturated carbocycles. The first-order valence-electron chi connectivity index (χ1n) is 13.7. The highest BCUT2D eigenvalue weighted by Gasteiger charge is 2.30. The zero-order valence-electron chi connectivity index (χ0n) is 23.5. The van der Waals surface area contributed by atoms with Crippen LogP contribution in [0.1, 0.15) is 48.3 Å². The fraction of sp³-hybridized carbons (Fsp3) is 0.194. The Morgan fingerprint density at radius 2 is 1.93 bits per heavy atom. The lowest BCUT2D eigenvalue weighted by atomic mass is 9.96. The minimum absolute atomic E-state index is 0.0681. The van der Waals surface area contributed by atoms with E-state index < -0.39 is 18.0 Å². The fourth-order valence-corrected chi connectivity index (χ4v) is 5.81. The lowest BCUT2D eigenvalue weighted by Gasteiger charge is -2.22. The molecule has 13 heteroatoms. The van der Waals surface area contributed by atoms with Crippen LogP contribution in [0.4, 0.5) is 31.9 Å². The van der Waals surface area contributed by atoms with Crippen LogP contribution in [0.25, 0.3) is 10.9 Å². The third-order valence-electron chi connectivity index (χ3n) is 7.50. The van der Waals surface area contributed by atoms with Crippen molar-refractivity contribution in [3.8, 4) is 6.07 Å². The average molecular weight is 631 g/mol. The molecular formula is C31H25Cl2FN8O2. The zero-order chi connectivity index (χ0) is 31.1. The molecule has 1 amide bonds. The molecule has 3 N–H and O–H groups in total. The summed E-state index contributed by atoms with van der Waals surface area (Å²) < 4.78 is 15.6. The number of hydrogen-bond donors (Lipinski definition) is 3. The van der Waals surface area contributed by atoms with Crippen molar-refractivity contribution in [1.82, 2.24) is 20.0 Å². The Balaban J connectivity index is 1.48. The smallest absolute Gasteiger partial charge is 0.411 e. The monoisotopic (exact) mass is 630 g/mol. The molecule has 0 fully saturated rings. The van der Waals surface area contributed by atoms with Gasteiger partial charge in [0, 0.05) is 35.5 Å². The van der Waals surface area contributed by atoms with E-state index in [1.165, 1.54) is 29.3 Å². The number of hydrogen-bond acceptors (Lipinski definition) is 7. The number of pyridine rings is 1. The van der Waals surface area contributed by atoms with Gasteiger partial charge in [0.2, 0.25) is 0 Å². The molecule has 1 aliphatic rings. The van der Waals surface area contributed by atoms with E-state index in [4.69, 9.17) is 23.2 Å². The highest BCUT2D eigenvalue weighted by Crippen LogP contribution is 2.40. The lowest BCUT2D eigenvalue weighted by Crippen LogP contribution is -2.26. The topological polar surface area (TPSA) is 132 Å². The molecule has 2 aromatic heterocycles. The molecular weight excluding hydrogens is 606 g/mol. The predicted molar refractivity (Wildman–Crippen MR) is 168 cm³/mol. The summed E-state index contributed by atoms with van der Waals surface area (Å²) >= 11 is 12.8. The molecule has 0 spiro atoms. The van der Waals surface area contributed by atoms with Gasteiger partial charge in [0.25, 0.3) is 0 Å². The van der Waals surface area contributed by atoms with Crippen molar-refractivity contribution in [2.24, 2.45) is 0 Å². The van der Waals surface area contributed by atoms with Gasteiger partial charge < -0.3 is 15.7 Å². The van der Waals surface area contributed by atoms with Crippen LogP contribution < -0.4 is 15.5 Å². The number of benzene rings is 3. The maximum Gasteiger partial charge on any atom is 0.411 e. The first-order chi connectivity index (χ1) is 21.1. The van der Waals surface area contributed by atoms with Crippen molar-refractivity contribution in [3.05, 3.63) is 99.2 Å². The quantitative estimate of drug-likeness (QED) is 0.166. The molecule has 5 aromatic rings. The SMILES string of the molecule is CC(C)n1cc([C@@H](Nc2cc(Cl)c3ncc(C#N)c(Nc4ccc(F)c(Cl)c4)c3c2)c2cccc3c2CCN3C(=O)O)nn1. The van der Waals surface area contributed by atoms with Gasteiger partial charge in [-0.05, 0) is 67.8 Å². The minimum Gasteiger partial charge on any atom is -0.465 e. The van der Waals surface area contributed by atoms with Gasteiger partial charge in [-0.3, -0.25) is 9.88 Å². The average Bonchev–Trinajstić information content (AvgIpc) is 3.66. The summed E-state index contributed by atoms with van der Waals surface area (Å²) in [6.45, 7) is 4.34. The second kappa shape index (κ2) is 11.6. The molecule has 0 aliphatic carbocycles. The van der Waals surface area contributed by atoms with Gasteiger partial charge in [0.05, 0.1) is 44.7 Å². The third kappa shape index (κ3) is 5.34. The second-order valence-corrected chi connectivity index (χ2v) is 11.4. The molecule has 10 nitrogen and oxygen atoms in total. The maximum atomic E-state index is 13.8. The van der Waals surface area contributed by atoms with Gasteiger partial charge in [-0.15, -0.1) is 5.10 Å². The number of nitriles is 1. The number of anilines is 4. The van der Waals surface area contributed by atoms with Gasteiger partial charge in [0.1, 0.15) is 17.6 Å². The van der Waals surface area contributed by atoms with E-state index in [-0.39, 0.29) is 16.6 Å². The summed E-state index contributed by atoms with van der Waals surface area (Å²) in [5.41, 5.74) is 5.18. The van der Waals surface area contributed by atoms with Crippen molar-refractivity contribution < 1.29 is 14.3 Å². The minimum atomic E-state index is -1.01. The van der Waals surface area contributed by atoms with E-state index in [0.29, 0.717) is 57.3 Å². The number of carbonyl (C=O) groups is 1. The largest absolute Gasteiger partial charge is 0.465 e. The molecule has 0 bridgehead atoms. The Bertz CT molecular complexity index is 1970. The van der Waals surface area contributed by atoms with Gasteiger partial charge in [-0.2, -0.15) is 5.26 Å². The molecule has 44 heavy (non-hydrogen) atoms. The number of rotatable bonds is 7. The van der Waals surface area contributed by atoms with Crippen LogP contribution in [-0.2, 0) is 6.42 Å². The fourth-order valence-electron chi connectivity index (χ4n) is 5.36. The molecule has 222 valence electrons. The zero-order valence-corrected chi connectivity index (χ0v) is 25.0. The predicted octanol–water partition coefficient (Wildman–Crippen LogP) is 7.71. The van der Waals surface area contributed by atoms with Gasteiger partial charge in [-0.25, -0.2) is 13.9 Å². The third-order valence-corrected chi connectivity index (χ3v) is 8.08. The number of nitrogens with zero attached hydrogens (tertiary/aromatic N) is 6. The number of halogens is 3. The number of fused-ring (bicyclic) bond motifs is 2. The number of carboxylic acid groups (broad SMARTS) is 1. The summed E-state index contributed by atoms with van der Waals surface area (Å²) in [6.07, 6.45) is 2.80. The Hall–Kier alpha value is -4.92. The summed E-state index contributed by atoms with van der Waals surface area (Å²) in [5.74, 6) is -0.564. The van der Waals surface area contributed by atoms with E-state index in [1.54, 1.807) is 16.8 Å². The van der Waals surface area contributed by atoms with E-state index in [0.717, 1.165) is 11.1 Å². The Morgan fingerprint density at radius 3 is 2.64 bits per heavy atom. The highest BCUT2D eigenvalue weighted by molar-refractivity contribution is 6.36. The summed E-state index contributed by atoms with van der Waals surface area (Å²) in [5, 5.41) is 36.0. The second-order valence-electron chi connectivity index (χ2n) is 10.6. The van der Waals surface area contributed by atoms with Crippen LogP contribution in [0.15, 0.2) is 60.9 Å². The lowest BCUT2D eigenvalue weighted by molar-refractivity contribution is 0.202. The van der Waals surface area contributed by atoms with E-state index >= 15 is 0 Å². The maximum absolute atomic E-state index is 13.8. The van der Waals surface area contributed by atoms with Gasteiger partial charge >= 0.3 is 6.09 Å². The first kappa shape index (κ1) is 29.2. The Labute approximate surface area is 261 Å². The standard InChI is InChI=1S/C31H25Cl2FN8O2/c1-16(2)42-15-26(39-40-42)30(21-4-3-5-27-20(21)8-9-41(27)31(43)44)38-19-10-22-28(37-18-6-7-25(34)23(32)11-18)17(13-35)14-36-29(22)24(33)12-19/h3-7,10-12,14-16,30,38H,8-9H2,1-2H3,(H,36,37)(H,43,44)/t30-/m0/s1. The molecule has 0 unspecified atom stereocenters. The highest BCUT2D eigenvalue weighted by atomic mass is 35.5. The van der Waals surface area contributed by atoms with Crippen molar-refractivity contribution in [3.63, 3.8) is 0 Å². The van der Waals surface area contributed by atoms with Crippen LogP contribution in [-0.4, -0.2) is 37.7 Å². The van der Waals surface area contributed by atoms with Crippen molar-refractivity contribution in [2.75, 3.05) is 22.1 Å². The molecule has 0 radical (unpaired) electrons. The molecule has 1 atom stereocenters. The van der Waals surface area contributed by atoms with Crippen LogP contribution >= 0.6 is 23.2 Å². The van der Waals surface area contributed by atoms with Crippen molar-refractivity contribution >= 4 is 62.9 Å². The van der Waals surface area contributed by atoms with Crippen LogP contribution in [0, 0.1) is 17.1 Å². The summed E-state index contributed by atoms with van der Waals surface area (Å²) in [6, 6.07) is 15.0. The van der Waals surface area contributed by atoms with Crippen LogP contribution in [0.3, 0.4) is 0 Å². The summed E-state index contributed by atoms with van der Waals surface area (Å²) in [7, 11) is 0. The number of nitrogens with one attached hydrogen (secondary N) is 2. The first-order valence-corrected chi connectivity index (χ1v) is 14.4. The van der Waals surface area contributed by atoms with Crippen molar-refractivity contribution in [1.29, 1.82) is 5.26 Å². The van der Waals surface area contributed by atoms with Gasteiger partial charge in [-0.1, -0.05) is 40.5 Å². The normalized spacial score (nSPS) is 13.2. The molecule has 1 aliphatic heterocycles. The van der Waals surface area contributed by atoms with Crippen LogP contribution in [0.5, 0.6) is 0 Å². The van der Waals surface area contributed by atoms with E-state index in [9.17, 15) is 19.6 Å².